The molecule has 1 aromatic carbocycles. The molecule has 1 fully saturated rings. The molecule has 1 aliphatic heterocycles. The minimum Gasteiger partial charge on any atom is -0.479 e. The van der Waals surface area contributed by atoms with Crippen molar-refractivity contribution in [3.63, 3.8) is 0 Å². The summed E-state index contributed by atoms with van der Waals surface area (Å²) in [6.07, 6.45) is 1.95. The molecule has 1 saturated heterocycles. The molecule has 13 nitrogen and oxygen atoms in total. The van der Waals surface area contributed by atoms with Crippen molar-refractivity contribution in [3.05, 3.63) is 48.4 Å². The fraction of sp³-hybridized carbons (Fsp3) is 0.320. The van der Waals surface area contributed by atoms with Gasteiger partial charge in [-0.15, -0.1) is 5.10 Å². The van der Waals surface area contributed by atoms with E-state index in [2.05, 4.69) is 25.1 Å². The quantitative estimate of drug-likeness (QED) is 0.291. The molecular formula is C25H25F2N9O4. The van der Waals surface area contributed by atoms with E-state index in [0.29, 0.717) is 67.5 Å². The number of piperazine rings is 1. The van der Waals surface area contributed by atoms with Crippen LogP contribution in [-0.2, 0) is 11.3 Å². The van der Waals surface area contributed by atoms with Crippen molar-refractivity contribution in [3.8, 4) is 17.3 Å². The highest BCUT2D eigenvalue weighted by Gasteiger charge is 2.24. The number of rotatable bonds is 8. The number of hydrogen-bond donors (Lipinski definition) is 2. The molecule has 0 spiro atoms. The van der Waals surface area contributed by atoms with E-state index in [1.165, 1.54) is 17.5 Å². The zero-order valence-corrected chi connectivity index (χ0v) is 21.4. The molecule has 0 aliphatic carbocycles. The molecule has 1 unspecified atom stereocenters. The summed E-state index contributed by atoms with van der Waals surface area (Å²) in [6.45, 7) is 4.67. The lowest BCUT2D eigenvalue weighted by atomic mass is 10.2. The predicted octanol–water partition coefficient (Wildman–Crippen LogP) is 2.27. The number of nitrogens with zero attached hydrogens (tertiary/aromatic N) is 8. The number of furan rings is 1. The van der Waals surface area contributed by atoms with E-state index in [0.717, 1.165) is 6.07 Å². The molecule has 4 aromatic heterocycles. The molecule has 208 valence electrons. The standard InChI is InChI=1S/C25H25F2N9O4/c1-14(24(37)38)40-20-12-18(16(26)11-17(20)27)34-7-4-33(5-8-34)6-9-35-22-15(13-29-35)23-30-21(19-3-2-10-39-19)32-36(23)25(28)31-22/h2-3,10-14H,4-9H2,1H3,(H2,28,31)(H,37,38). The van der Waals surface area contributed by atoms with Crippen molar-refractivity contribution >= 4 is 34.3 Å². The minimum absolute atomic E-state index is 0.164. The molecule has 0 saturated carbocycles. The number of aromatic nitrogens is 6. The molecule has 15 heteroatoms. The van der Waals surface area contributed by atoms with Crippen molar-refractivity contribution in [2.45, 2.75) is 19.6 Å². The molecule has 6 rings (SSSR count). The van der Waals surface area contributed by atoms with Gasteiger partial charge in [0.1, 0.15) is 5.82 Å². The predicted molar refractivity (Wildman–Crippen MR) is 139 cm³/mol. The second kappa shape index (κ2) is 10.1. The molecular weight excluding hydrogens is 528 g/mol. The van der Waals surface area contributed by atoms with Crippen molar-refractivity contribution in [1.29, 1.82) is 0 Å². The number of carbonyl (C=O) groups is 1. The number of fused-ring (bicyclic) bond motifs is 3. The van der Waals surface area contributed by atoms with Crippen LogP contribution in [0.1, 0.15) is 6.92 Å². The Morgan fingerprint density at radius 1 is 1.15 bits per heavy atom. The van der Waals surface area contributed by atoms with Crippen molar-refractivity contribution in [2.24, 2.45) is 0 Å². The number of carboxylic acids is 1. The third-order valence-electron chi connectivity index (χ3n) is 6.83. The van der Waals surface area contributed by atoms with Crippen LogP contribution in [-0.4, -0.2) is 84.2 Å². The first-order valence-electron chi connectivity index (χ1n) is 12.6. The second-order valence-electron chi connectivity index (χ2n) is 9.38. The highest BCUT2D eigenvalue weighted by atomic mass is 19.1. The van der Waals surface area contributed by atoms with E-state index in [4.69, 9.17) is 20.0 Å². The topological polar surface area (TPSA) is 153 Å². The lowest BCUT2D eigenvalue weighted by Crippen LogP contribution is -2.47. The maximum absolute atomic E-state index is 14.6. The molecule has 0 amide bonds. The highest BCUT2D eigenvalue weighted by Crippen LogP contribution is 2.30. The molecule has 0 radical (unpaired) electrons. The SMILES string of the molecule is CC(Oc1cc(N2CCN(CCn3ncc4c3nc(N)n3nc(-c5ccco5)nc43)CC2)c(F)cc1F)C(=O)O. The van der Waals surface area contributed by atoms with Gasteiger partial charge in [-0.2, -0.15) is 14.6 Å². The van der Waals surface area contributed by atoms with Crippen LogP contribution < -0.4 is 15.4 Å². The first kappa shape index (κ1) is 25.5. The number of ether oxygens (including phenoxy) is 1. The Morgan fingerprint density at radius 2 is 1.95 bits per heavy atom. The molecule has 40 heavy (non-hydrogen) atoms. The Hall–Kier alpha value is -4.79. The van der Waals surface area contributed by atoms with Gasteiger partial charge in [0.2, 0.25) is 11.8 Å². The average Bonchev–Trinajstić information content (AvgIpc) is 3.69. The van der Waals surface area contributed by atoms with Crippen LogP contribution in [0.3, 0.4) is 0 Å². The number of hydrogen-bond acceptors (Lipinski definition) is 10. The Morgan fingerprint density at radius 3 is 2.67 bits per heavy atom. The summed E-state index contributed by atoms with van der Waals surface area (Å²) in [7, 11) is 0. The third-order valence-corrected chi connectivity index (χ3v) is 6.83. The first-order valence-corrected chi connectivity index (χ1v) is 12.6. The molecule has 0 bridgehead atoms. The third kappa shape index (κ3) is 4.64. The summed E-state index contributed by atoms with van der Waals surface area (Å²) in [4.78, 5) is 24.1. The number of anilines is 2. The van der Waals surface area contributed by atoms with Gasteiger partial charge in [0.15, 0.2) is 34.7 Å². The van der Waals surface area contributed by atoms with Crippen LogP contribution in [0.15, 0.2) is 41.1 Å². The van der Waals surface area contributed by atoms with Gasteiger partial charge in [0.25, 0.3) is 0 Å². The monoisotopic (exact) mass is 553 g/mol. The van der Waals surface area contributed by atoms with Gasteiger partial charge >= 0.3 is 5.97 Å². The minimum atomic E-state index is -1.27. The summed E-state index contributed by atoms with van der Waals surface area (Å²) in [5.74, 6) is -2.15. The smallest absolute Gasteiger partial charge is 0.344 e. The Labute approximate surface area is 225 Å². The van der Waals surface area contributed by atoms with Crippen molar-refractivity contribution < 1.29 is 27.8 Å². The van der Waals surface area contributed by atoms with Gasteiger partial charge in [0.05, 0.1) is 30.1 Å². The van der Waals surface area contributed by atoms with Crippen LogP contribution in [0, 0.1) is 11.6 Å². The van der Waals surface area contributed by atoms with Gasteiger partial charge in [-0.05, 0) is 19.1 Å². The van der Waals surface area contributed by atoms with Gasteiger partial charge in [-0.3, -0.25) is 4.90 Å². The fourth-order valence-corrected chi connectivity index (χ4v) is 4.67. The van der Waals surface area contributed by atoms with Crippen LogP contribution in [0.25, 0.3) is 28.3 Å². The zero-order valence-electron chi connectivity index (χ0n) is 21.4. The van der Waals surface area contributed by atoms with E-state index < -0.39 is 23.7 Å². The molecule has 1 atom stereocenters. The Kier molecular flexibility index (Phi) is 6.42. The lowest BCUT2D eigenvalue weighted by Gasteiger charge is -2.36. The number of carboxylic acid groups (broad SMARTS) is 1. The number of nitrogen functional groups attached to an aromatic ring is 1. The Balaban J connectivity index is 1.13. The van der Waals surface area contributed by atoms with Crippen LogP contribution in [0.2, 0.25) is 0 Å². The molecule has 5 heterocycles. The Bertz CT molecular complexity index is 1690. The van der Waals surface area contributed by atoms with E-state index in [-0.39, 0.29) is 17.4 Å². The van der Waals surface area contributed by atoms with E-state index in [1.807, 2.05) is 0 Å². The van der Waals surface area contributed by atoms with Crippen LogP contribution >= 0.6 is 0 Å². The van der Waals surface area contributed by atoms with Crippen molar-refractivity contribution in [2.75, 3.05) is 43.4 Å². The summed E-state index contributed by atoms with van der Waals surface area (Å²) >= 11 is 0. The van der Waals surface area contributed by atoms with Crippen LogP contribution in [0.4, 0.5) is 20.4 Å². The second-order valence-corrected chi connectivity index (χ2v) is 9.38. The van der Waals surface area contributed by atoms with Crippen molar-refractivity contribution in [1.82, 2.24) is 34.3 Å². The first-order chi connectivity index (χ1) is 19.3. The molecule has 3 N–H and O–H groups in total. The van der Waals surface area contributed by atoms with Gasteiger partial charge in [-0.25, -0.2) is 23.2 Å². The summed E-state index contributed by atoms with van der Waals surface area (Å²) in [5.41, 5.74) is 7.44. The van der Waals surface area contributed by atoms with E-state index in [9.17, 15) is 13.6 Å². The number of aliphatic carboxylic acids is 1. The van der Waals surface area contributed by atoms with Gasteiger partial charge in [0, 0.05) is 44.9 Å². The highest BCUT2D eigenvalue weighted by molar-refractivity contribution is 5.90. The normalized spacial score (nSPS) is 15.2. The van der Waals surface area contributed by atoms with Gasteiger partial charge in [-0.1, -0.05) is 0 Å². The maximum atomic E-state index is 14.6. The number of nitrogens with two attached hydrogens (primary N) is 1. The maximum Gasteiger partial charge on any atom is 0.344 e. The summed E-state index contributed by atoms with van der Waals surface area (Å²) in [6, 6.07) is 5.45. The summed E-state index contributed by atoms with van der Waals surface area (Å²) in [5, 5.41) is 18.6. The number of halogens is 2. The van der Waals surface area contributed by atoms with E-state index >= 15 is 0 Å². The number of benzene rings is 1. The van der Waals surface area contributed by atoms with E-state index in [1.54, 1.807) is 34.2 Å². The van der Waals surface area contributed by atoms with Gasteiger partial charge < -0.3 is 24.9 Å². The molecule has 5 aromatic rings. The lowest BCUT2D eigenvalue weighted by molar-refractivity contribution is -0.144. The average molecular weight is 554 g/mol. The fourth-order valence-electron chi connectivity index (χ4n) is 4.67. The molecule has 1 aliphatic rings. The zero-order chi connectivity index (χ0) is 28.0. The largest absolute Gasteiger partial charge is 0.479 e. The summed E-state index contributed by atoms with van der Waals surface area (Å²) < 4.78 is 42.6. The van der Waals surface area contributed by atoms with Crippen LogP contribution in [0.5, 0.6) is 5.75 Å².